The second kappa shape index (κ2) is 7.13. The van der Waals surface area contributed by atoms with Gasteiger partial charge in [-0.05, 0) is 44.0 Å². The molecule has 0 radical (unpaired) electrons. The van der Waals surface area contributed by atoms with Gasteiger partial charge in [-0.15, -0.1) is 11.3 Å². The lowest BCUT2D eigenvalue weighted by Gasteiger charge is -2.24. The van der Waals surface area contributed by atoms with Crippen molar-refractivity contribution in [1.82, 2.24) is 15.2 Å². The summed E-state index contributed by atoms with van der Waals surface area (Å²) in [5.74, 6) is 0.0117. The summed E-state index contributed by atoms with van der Waals surface area (Å²) in [4.78, 5) is 32.4. The molecule has 0 unspecified atom stereocenters. The van der Waals surface area contributed by atoms with Gasteiger partial charge in [-0.25, -0.2) is 0 Å². The molecule has 1 aliphatic heterocycles. The molecule has 0 aromatic carbocycles. The third kappa shape index (κ3) is 3.64. The summed E-state index contributed by atoms with van der Waals surface area (Å²) in [7, 11) is 0. The lowest BCUT2D eigenvalue weighted by molar-refractivity contribution is -0.119. The van der Waals surface area contributed by atoms with Crippen molar-refractivity contribution in [2.75, 3.05) is 6.54 Å². The molecule has 0 bridgehead atoms. The zero-order valence-electron chi connectivity index (χ0n) is 13.9. The monoisotopic (exact) mass is 343 g/mol. The van der Waals surface area contributed by atoms with Crippen LogP contribution in [-0.2, 0) is 11.3 Å². The largest absolute Gasteiger partial charge is 0.351 e. The van der Waals surface area contributed by atoms with E-state index in [2.05, 4.69) is 10.3 Å². The van der Waals surface area contributed by atoms with Gasteiger partial charge in [0.1, 0.15) is 0 Å². The van der Waals surface area contributed by atoms with Crippen LogP contribution in [-0.4, -0.2) is 28.2 Å². The molecule has 24 heavy (non-hydrogen) atoms. The van der Waals surface area contributed by atoms with Gasteiger partial charge in [0.2, 0.25) is 5.91 Å². The third-order valence-electron chi connectivity index (χ3n) is 4.15. The van der Waals surface area contributed by atoms with Crippen molar-refractivity contribution in [1.29, 1.82) is 0 Å². The number of likely N-dealkylation sites (tertiary alicyclic amines) is 1. The molecule has 2 aromatic rings. The number of thiophene rings is 1. The Morgan fingerprint density at radius 2 is 2.17 bits per heavy atom. The minimum atomic E-state index is -0.0760. The first-order valence-electron chi connectivity index (χ1n) is 8.12. The number of pyridine rings is 1. The molecule has 1 atom stereocenters. The van der Waals surface area contributed by atoms with E-state index < -0.39 is 0 Å². The zero-order chi connectivity index (χ0) is 17.1. The van der Waals surface area contributed by atoms with Crippen LogP contribution in [0, 0.1) is 6.92 Å². The summed E-state index contributed by atoms with van der Waals surface area (Å²) in [6, 6.07) is 9.69. The van der Waals surface area contributed by atoms with Crippen LogP contribution in [0.4, 0.5) is 0 Å². The molecule has 0 spiro atoms. The predicted octanol–water partition coefficient (Wildman–Crippen LogP) is 3.06. The lowest BCUT2D eigenvalue weighted by Crippen LogP contribution is -2.30. The van der Waals surface area contributed by atoms with Gasteiger partial charge in [-0.1, -0.05) is 6.07 Å². The predicted molar refractivity (Wildman–Crippen MR) is 93.8 cm³/mol. The topological polar surface area (TPSA) is 62.3 Å². The van der Waals surface area contributed by atoms with Crippen LogP contribution < -0.4 is 5.32 Å². The van der Waals surface area contributed by atoms with Crippen molar-refractivity contribution in [2.24, 2.45) is 0 Å². The van der Waals surface area contributed by atoms with Gasteiger partial charge in [-0.3, -0.25) is 14.6 Å². The molecule has 1 fully saturated rings. The molecule has 6 heteroatoms. The smallest absolute Gasteiger partial charge is 0.264 e. The number of nitrogens with zero attached hydrogens (tertiary/aromatic N) is 2. The Morgan fingerprint density at radius 3 is 2.88 bits per heavy atom. The minimum absolute atomic E-state index is 0.0113. The van der Waals surface area contributed by atoms with E-state index in [4.69, 9.17) is 0 Å². The molecule has 1 N–H and O–H groups in total. The number of nitrogens with one attached hydrogen (secondary N) is 1. The molecule has 2 amide bonds. The van der Waals surface area contributed by atoms with Gasteiger partial charge < -0.3 is 10.2 Å². The third-order valence-corrected chi connectivity index (χ3v) is 5.14. The van der Waals surface area contributed by atoms with Gasteiger partial charge in [0.15, 0.2) is 0 Å². The minimum Gasteiger partial charge on any atom is -0.351 e. The van der Waals surface area contributed by atoms with E-state index in [0.29, 0.717) is 6.54 Å². The van der Waals surface area contributed by atoms with Gasteiger partial charge in [0.05, 0.1) is 28.9 Å². The summed E-state index contributed by atoms with van der Waals surface area (Å²) in [6.45, 7) is 4.67. The summed E-state index contributed by atoms with van der Waals surface area (Å²) in [5.41, 5.74) is 1.71. The number of rotatable bonds is 4. The maximum Gasteiger partial charge on any atom is 0.264 e. The van der Waals surface area contributed by atoms with Crippen molar-refractivity contribution < 1.29 is 9.59 Å². The van der Waals surface area contributed by atoms with Crippen molar-refractivity contribution in [3.8, 4) is 0 Å². The van der Waals surface area contributed by atoms with Gasteiger partial charge in [0.25, 0.3) is 5.91 Å². The van der Waals surface area contributed by atoms with E-state index in [0.717, 1.165) is 40.5 Å². The van der Waals surface area contributed by atoms with Crippen molar-refractivity contribution in [3.05, 3.63) is 51.5 Å². The van der Waals surface area contributed by atoms with Crippen molar-refractivity contribution >= 4 is 23.2 Å². The van der Waals surface area contributed by atoms with E-state index in [-0.39, 0.29) is 17.9 Å². The van der Waals surface area contributed by atoms with Crippen LogP contribution in [0.2, 0.25) is 0 Å². The standard InChI is InChI=1S/C18H21N3O2S/c1-12-8-9-17(24-12)18(23)21-10-4-7-16(21)15-6-3-5-14(20-15)11-19-13(2)22/h3,5-6,8-9,16H,4,7,10-11H2,1-2H3,(H,19,22)/t16-/m1/s1. The van der Waals surface area contributed by atoms with E-state index >= 15 is 0 Å². The summed E-state index contributed by atoms with van der Waals surface area (Å²) < 4.78 is 0. The zero-order valence-corrected chi connectivity index (χ0v) is 14.7. The Bertz CT molecular complexity index is 756. The molecule has 3 rings (SSSR count). The quantitative estimate of drug-likeness (QED) is 0.928. The van der Waals surface area contributed by atoms with E-state index in [9.17, 15) is 9.59 Å². The lowest BCUT2D eigenvalue weighted by atomic mass is 10.1. The number of aromatic nitrogens is 1. The highest BCUT2D eigenvalue weighted by molar-refractivity contribution is 7.13. The normalized spacial score (nSPS) is 17.1. The first-order chi connectivity index (χ1) is 11.5. The number of hydrogen-bond donors (Lipinski definition) is 1. The Morgan fingerprint density at radius 1 is 1.33 bits per heavy atom. The van der Waals surface area contributed by atoms with Crippen LogP contribution in [0.15, 0.2) is 30.3 Å². The molecule has 1 aliphatic rings. The fraction of sp³-hybridized carbons (Fsp3) is 0.389. The van der Waals surface area contributed by atoms with Crippen molar-refractivity contribution in [3.63, 3.8) is 0 Å². The number of amides is 2. The highest BCUT2D eigenvalue weighted by Crippen LogP contribution is 2.33. The highest BCUT2D eigenvalue weighted by atomic mass is 32.1. The SMILES string of the molecule is CC(=O)NCc1cccc([C@H]2CCCN2C(=O)c2ccc(C)s2)n1. The van der Waals surface area contributed by atoms with Gasteiger partial charge >= 0.3 is 0 Å². The van der Waals surface area contributed by atoms with Crippen molar-refractivity contribution in [2.45, 2.75) is 39.3 Å². The molecule has 126 valence electrons. The highest BCUT2D eigenvalue weighted by Gasteiger charge is 2.32. The average molecular weight is 343 g/mol. The summed E-state index contributed by atoms with van der Waals surface area (Å²) in [5, 5.41) is 2.76. The van der Waals surface area contributed by atoms with E-state index in [1.165, 1.54) is 18.3 Å². The first-order valence-corrected chi connectivity index (χ1v) is 8.94. The molecule has 1 saturated heterocycles. The molecular weight excluding hydrogens is 322 g/mol. The Labute approximate surface area is 145 Å². The van der Waals surface area contributed by atoms with Crippen LogP contribution in [0.3, 0.4) is 0 Å². The summed E-state index contributed by atoms with van der Waals surface area (Å²) in [6.07, 6.45) is 1.91. The Balaban J connectivity index is 1.79. The fourth-order valence-electron chi connectivity index (χ4n) is 3.01. The maximum absolute atomic E-state index is 12.8. The van der Waals surface area contributed by atoms with Gasteiger partial charge in [-0.2, -0.15) is 0 Å². The van der Waals surface area contributed by atoms with Crippen LogP contribution >= 0.6 is 11.3 Å². The molecule has 0 aliphatic carbocycles. The number of hydrogen-bond acceptors (Lipinski definition) is 4. The maximum atomic E-state index is 12.8. The molecule has 5 nitrogen and oxygen atoms in total. The van der Waals surface area contributed by atoms with Gasteiger partial charge in [0, 0.05) is 18.3 Å². The molecular formula is C18H21N3O2S. The molecule has 0 saturated carbocycles. The van der Waals surface area contributed by atoms with Crippen LogP contribution in [0.1, 0.15) is 51.7 Å². The second-order valence-corrected chi connectivity index (χ2v) is 7.32. The number of carbonyl (C=O) groups is 2. The summed E-state index contributed by atoms with van der Waals surface area (Å²) >= 11 is 1.54. The first kappa shape index (κ1) is 16.6. The van der Waals surface area contributed by atoms with Crippen LogP contribution in [0.25, 0.3) is 0 Å². The molecule has 2 aromatic heterocycles. The Hall–Kier alpha value is -2.21. The average Bonchev–Trinajstić information content (AvgIpc) is 3.21. The fourth-order valence-corrected chi connectivity index (χ4v) is 3.83. The molecule has 3 heterocycles. The number of aryl methyl sites for hydroxylation is 1. The van der Waals surface area contributed by atoms with E-state index in [1.807, 2.05) is 42.2 Å². The van der Waals surface area contributed by atoms with Crippen LogP contribution in [0.5, 0.6) is 0 Å². The van der Waals surface area contributed by atoms with E-state index in [1.54, 1.807) is 0 Å². The Kier molecular flexibility index (Phi) is 4.94. The number of carbonyl (C=O) groups excluding carboxylic acids is 2. The second-order valence-electron chi connectivity index (χ2n) is 6.03.